The predicted molar refractivity (Wildman–Crippen MR) is 71.8 cm³/mol. The van der Waals surface area contributed by atoms with Crippen molar-refractivity contribution in [1.29, 1.82) is 0 Å². The van der Waals surface area contributed by atoms with Gasteiger partial charge in [-0.15, -0.1) is 0 Å². The molecule has 0 unspecified atom stereocenters. The molecule has 100 valence electrons. The lowest BCUT2D eigenvalue weighted by atomic mass is 10.1. The number of nitro groups is 1. The second kappa shape index (κ2) is 6.10. The van der Waals surface area contributed by atoms with Gasteiger partial charge >= 0.3 is 0 Å². The highest BCUT2D eigenvalue weighted by molar-refractivity contribution is 5.32. The largest absolute Gasteiger partial charge is 0.330 e. The van der Waals surface area contributed by atoms with Gasteiger partial charge < -0.3 is 5.73 Å². The van der Waals surface area contributed by atoms with Gasteiger partial charge in [0.25, 0.3) is 5.69 Å². The molecular formula is C13H16N4O2. The molecular weight excluding hydrogens is 244 g/mol. The summed E-state index contributed by atoms with van der Waals surface area (Å²) in [5.74, 6) is 0. The van der Waals surface area contributed by atoms with Gasteiger partial charge in [0.15, 0.2) is 0 Å². The van der Waals surface area contributed by atoms with E-state index in [-0.39, 0.29) is 5.69 Å². The Morgan fingerprint density at radius 2 is 1.95 bits per heavy atom. The van der Waals surface area contributed by atoms with E-state index in [2.05, 4.69) is 5.10 Å². The van der Waals surface area contributed by atoms with E-state index < -0.39 is 4.92 Å². The Balaban J connectivity index is 1.92. The summed E-state index contributed by atoms with van der Waals surface area (Å²) in [4.78, 5) is 10.1. The van der Waals surface area contributed by atoms with Gasteiger partial charge in [-0.1, -0.05) is 12.1 Å². The smallest absolute Gasteiger partial charge is 0.269 e. The first-order chi connectivity index (χ1) is 9.19. The number of hydrogen-bond acceptors (Lipinski definition) is 4. The van der Waals surface area contributed by atoms with Gasteiger partial charge in [0.2, 0.25) is 0 Å². The van der Waals surface area contributed by atoms with E-state index in [4.69, 9.17) is 5.73 Å². The molecule has 0 amide bonds. The maximum atomic E-state index is 10.5. The molecule has 0 saturated carbocycles. The summed E-state index contributed by atoms with van der Waals surface area (Å²) in [5.41, 5.74) is 7.79. The van der Waals surface area contributed by atoms with Crippen molar-refractivity contribution in [2.75, 3.05) is 6.54 Å². The maximum Gasteiger partial charge on any atom is 0.269 e. The van der Waals surface area contributed by atoms with Crippen molar-refractivity contribution in [1.82, 2.24) is 9.78 Å². The van der Waals surface area contributed by atoms with Crippen molar-refractivity contribution in [3.05, 3.63) is 57.9 Å². The lowest BCUT2D eigenvalue weighted by Gasteiger charge is -2.02. The number of nitrogens with zero attached hydrogens (tertiary/aromatic N) is 3. The van der Waals surface area contributed by atoms with Gasteiger partial charge in [0.05, 0.1) is 11.1 Å². The molecule has 0 aliphatic carbocycles. The lowest BCUT2D eigenvalue weighted by molar-refractivity contribution is -0.384. The van der Waals surface area contributed by atoms with Gasteiger partial charge in [0, 0.05) is 24.9 Å². The summed E-state index contributed by atoms with van der Waals surface area (Å²) in [5, 5.41) is 14.8. The normalized spacial score (nSPS) is 10.6. The summed E-state index contributed by atoms with van der Waals surface area (Å²) >= 11 is 0. The van der Waals surface area contributed by atoms with Crippen LogP contribution in [0.15, 0.2) is 36.7 Å². The van der Waals surface area contributed by atoms with Crippen LogP contribution < -0.4 is 5.73 Å². The van der Waals surface area contributed by atoms with Crippen molar-refractivity contribution in [3.63, 3.8) is 0 Å². The second-order valence-corrected chi connectivity index (χ2v) is 4.32. The number of rotatable bonds is 6. The fourth-order valence-electron chi connectivity index (χ4n) is 1.85. The highest BCUT2D eigenvalue weighted by Crippen LogP contribution is 2.12. The minimum Gasteiger partial charge on any atom is -0.330 e. The molecule has 1 aromatic carbocycles. The third-order valence-electron chi connectivity index (χ3n) is 2.90. The van der Waals surface area contributed by atoms with E-state index in [1.807, 2.05) is 17.1 Å². The highest BCUT2D eigenvalue weighted by atomic mass is 16.6. The molecule has 0 fully saturated rings. The summed E-state index contributed by atoms with van der Waals surface area (Å²) in [6, 6.07) is 6.61. The monoisotopic (exact) mass is 260 g/mol. The van der Waals surface area contributed by atoms with E-state index in [0.717, 1.165) is 30.5 Å². The summed E-state index contributed by atoms with van der Waals surface area (Å²) < 4.78 is 1.87. The first kappa shape index (κ1) is 13.2. The highest BCUT2D eigenvalue weighted by Gasteiger charge is 2.04. The van der Waals surface area contributed by atoms with Gasteiger partial charge in [-0.2, -0.15) is 5.10 Å². The fraction of sp³-hybridized carbons (Fsp3) is 0.308. The van der Waals surface area contributed by atoms with Crippen molar-refractivity contribution in [3.8, 4) is 0 Å². The van der Waals surface area contributed by atoms with Crippen molar-refractivity contribution >= 4 is 5.69 Å². The van der Waals surface area contributed by atoms with E-state index >= 15 is 0 Å². The quantitative estimate of drug-likeness (QED) is 0.630. The molecule has 19 heavy (non-hydrogen) atoms. The Labute approximate surface area is 111 Å². The molecule has 0 saturated heterocycles. The van der Waals surface area contributed by atoms with E-state index in [0.29, 0.717) is 6.54 Å². The Kier molecular flexibility index (Phi) is 4.25. The average molecular weight is 260 g/mol. The van der Waals surface area contributed by atoms with Crippen LogP contribution in [0.5, 0.6) is 0 Å². The van der Waals surface area contributed by atoms with Crippen LogP contribution in [-0.2, 0) is 19.4 Å². The van der Waals surface area contributed by atoms with Crippen LogP contribution >= 0.6 is 0 Å². The molecule has 2 rings (SSSR count). The summed E-state index contributed by atoms with van der Waals surface area (Å²) in [7, 11) is 0. The zero-order chi connectivity index (χ0) is 13.7. The van der Waals surface area contributed by atoms with Gasteiger partial charge in [-0.25, -0.2) is 0 Å². The Bertz CT molecular complexity index is 548. The molecule has 0 atom stereocenters. The van der Waals surface area contributed by atoms with E-state index in [9.17, 15) is 10.1 Å². The van der Waals surface area contributed by atoms with Crippen LogP contribution in [0.25, 0.3) is 0 Å². The molecule has 6 nitrogen and oxygen atoms in total. The SMILES string of the molecule is NCCc1cnn(CCc2ccc([N+](=O)[O-])cc2)c1. The Morgan fingerprint density at radius 3 is 2.58 bits per heavy atom. The zero-order valence-electron chi connectivity index (χ0n) is 10.5. The van der Waals surface area contributed by atoms with Crippen LogP contribution in [-0.4, -0.2) is 21.2 Å². The van der Waals surface area contributed by atoms with Crippen molar-refractivity contribution in [2.24, 2.45) is 5.73 Å². The van der Waals surface area contributed by atoms with Crippen molar-refractivity contribution in [2.45, 2.75) is 19.4 Å². The minimum absolute atomic E-state index is 0.119. The molecule has 2 aromatic rings. The molecule has 1 aromatic heterocycles. The van der Waals surface area contributed by atoms with Gasteiger partial charge in [-0.3, -0.25) is 14.8 Å². The molecule has 0 bridgehead atoms. The molecule has 2 N–H and O–H groups in total. The summed E-state index contributed by atoms with van der Waals surface area (Å²) in [6.07, 6.45) is 5.43. The van der Waals surface area contributed by atoms with Crippen molar-refractivity contribution < 1.29 is 4.92 Å². The van der Waals surface area contributed by atoms with Crippen LogP contribution in [0.1, 0.15) is 11.1 Å². The van der Waals surface area contributed by atoms with E-state index in [1.165, 1.54) is 12.1 Å². The standard InChI is InChI=1S/C13H16N4O2/c14-7-5-12-9-15-16(10-12)8-6-11-1-3-13(4-2-11)17(18)19/h1-4,9-10H,5-8,14H2. The number of non-ortho nitro benzene ring substituents is 1. The van der Waals surface area contributed by atoms with Crippen LogP contribution in [0.3, 0.4) is 0 Å². The number of aryl methyl sites for hydroxylation is 2. The summed E-state index contributed by atoms with van der Waals surface area (Å²) in [6.45, 7) is 1.37. The van der Waals surface area contributed by atoms with Gasteiger partial charge in [-0.05, 0) is 30.5 Å². The minimum atomic E-state index is -0.392. The molecule has 6 heteroatoms. The maximum absolute atomic E-state index is 10.5. The number of nitrogens with two attached hydrogens (primary N) is 1. The Hall–Kier alpha value is -2.21. The fourth-order valence-corrected chi connectivity index (χ4v) is 1.85. The number of benzene rings is 1. The third kappa shape index (κ3) is 3.62. The third-order valence-corrected chi connectivity index (χ3v) is 2.90. The molecule has 1 heterocycles. The molecule has 0 aliphatic heterocycles. The topological polar surface area (TPSA) is 87.0 Å². The number of hydrogen-bond donors (Lipinski definition) is 1. The first-order valence-corrected chi connectivity index (χ1v) is 6.14. The van der Waals surface area contributed by atoms with Crippen LogP contribution in [0, 0.1) is 10.1 Å². The first-order valence-electron chi connectivity index (χ1n) is 6.14. The average Bonchev–Trinajstić information content (AvgIpc) is 2.85. The van der Waals surface area contributed by atoms with Gasteiger partial charge in [0.1, 0.15) is 0 Å². The van der Waals surface area contributed by atoms with Crippen LogP contribution in [0.4, 0.5) is 5.69 Å². The molecule has 0 aliphatic rings. The molecule has 0 spiro atoms. The lowest BCUT2D eigenvalue weighted by Crippen LogP contribution is -2.03. The number of nitro benzene ring substituents is 1. The predicted octanol–water partition coefficient (Wildman–Crippen LogP) is 1.54. The van der Waals surface area contributed by atoms with E-state index in [1.54, 1.807) is 12.1 Å². The van der Waals surface area contributed by atoms with Crippen LogP contribution in [0.2, 0.25) is 0 Å². The zero-order valence-corrected chi connectivity index (χ0v) is 10.5. The Morgan fingerprint density at radius 1 is 1.21 bits per heavy atom. The number of aromatic nitrogens is 2. The second-order valence-electron chi connectivity index (χ2n) is 4.32. The molecule has 0 radical (unpaired) electrons.